The van der Waals surface area contributed by atoms with Crippen LogP contribution in [-0.2, 0) is 5.54 Å². The van der Waals surface area contributed by atoms with Crippen molar-refractivity contribution in [2.45, 2.75) is 18.1 Å². The number of aliphatic imine (C=N–C) groups is 1. The van der Waals surface area contributed by atoms with Crippen molar-refractivity contribution in [3.63, 3.8) is 0 Å². The second kappa shape index (κ2) is 7.55. The number of alkyl halides is 2. The molecule has 1 aromatic heterocycles. The minimum absolute atomic E-state index is 0.0633. The highest BCUT2D eigenvalue weighted by Crippen LogP contribution is 2.47. The van der Waals surface area contributed by atoms with Crippen LogP contribution in [0.15, 0.2) is 65.8 Å². The van der Waals surface area contributed by atoms with Crippen LogP contribution >= 0.6 is 0 Å². The van der Waals surface area contributed by atoms with Gasteiger partial charge in [-0.15, -0.1) is 0 Å². The Morgan fingerprint density at radius 1 is 1.03 bits per heavy atom. The fourth-order valence-electron chi connectivity index (χ4n) is 3.86. The highest BCUT2D eigenvalue weighted by atomic mass is 19.3. The van der Waals surface area contributed by atoms with Gasteiger partial charge in [0.05, 0.1) is 12.2 Å². The Kier molecular flexibility index (Phi) is 5.05. The molecule has 30 heavy (non-hydrogen) atoms. The summed E-state index contributed by atoms with van der Waals surface area (Å²) in [6.07, 6.45) is -2.71. The number of aliphatic hydroxyl groups is 2. The van der Waals surface area contributed by atoms with Crippen LogP contribution in [0.1, 0.15) is 46.0 Å². The lowest BCUT2D eigenvalue weighted by molar-refractivity contribution is 0.0955. The Bertz CT molecular complexity index is 1140. The summed E-state index contributed by atoms with van der Waals surface area (Å²) in [5.41, 5.74) is 5.91. The Balaban J connectivity index is 2.05. The Morgan fingerprint density at radius 3 is 2.50 bits per heavy atom. The van der Waals surface area contributed by atoms with Gasteiger partial charge in [-0.3, -0.25) is 4.98 Å². The summed E-state index contributed by atoms with van der Waals surface area (Å²) in [4.78, 5) is 8.26. The van der Waals surface area contributed by atoms with Crippen molar-refractivity contribution in [2.75, 3.05) is 6.61 Å². The average Bonchev–Trinajstić information content (AvgIpc) is 3.08. The molecule has 154 valence electrons. The zero-order valence-electron chi connectivity index (χ0n) is 15.6. The molecule has 0 radical (unpaired) electrons. The van der Waals surface area contributed by atoms with Crippen LogP contribution in [0.4, 0.5) is 13.2 Å². The lowest BCUT2D eigenvalue weighted by atomic mass is 9.77. The van der Waals surface area contributed by atoms with E-state index in [9.17, 15) is 23.4 Å². The van der Waals surface area contributed by atoms with Gasteiger partial charge in [0.25, 0.3) is 6.43 Å². The van der Waals surface area contributed by atoms with Gasteiger partial charge < -0.3 is 15.9 Å². The van der Waals surface area contributed by atoms with E-state index in [1.54, 1.807) is 30.3 Å². The number of nitrogens with two attached hydrogens (primary N) is 1. The molecule has 8 heteroatoms. The lowest BCUT2D eigenvalue weighted by Gasteiger charge is -2.30. The van der Waals surface area contributed by atoms with E-state index in [1.165, 1.54) is 30.5 Å². The molecule has 4 rings (SSSR count). The Labute approximate surface area is 170 Å². The van der Waals surface area contributed by atoms with Crippen LogP contribution in [-0.4, -0.2) is 27.6 Å². The van der Waals surface area contributed by atoms with E-state index in [0.29, 0.717) is 22.3 Å². The zero-order valence-corrected chi connectivity index (χ0v) is 15.6. The molecule has 0 bridgehead atoms. The van der Waals surface area contributed by atoms with Crippen LogP contribution in [0.25, 0.3) is 0 Å². The van der Waals surface area contributed by atoms with E-state index in [2.05, 4.69) is 9.98 Å². The van der Waals surface area contributed by atoms with E-state index in [1.807, 2.05) is 0 Å². The van der Waals surface area contributed by atoms with Gasteiger partial charge in [0.2, 0.25) is 0 Å². The first-order valence-electron chi connectivity index (χ1n) is 9.17. The van der Waals surface area contributed by atoms with Gasteiger partial charge in [0.15, 0.2) is 0 Å². The standard InChI is InChI=1S/C22H18F3N3O2/c23-16-6-2-5-15-19(16)21(26)28-22(15,14-7-8-27-17(10-14)20(24)25)13-4-1-3-12(9-13)18(30)11-29/h1-10,18,20,29-30H,11H2,(H2,26,28). The van der Waals surface area contributed by atoms with Crippen molar-refractivity contribution in [1.29, 1.82) is 0 Å². The molecule has 1 aliphatic rings. The second-order valence-electron chi connectivity index (χ2n) is 6.96. The number of pyridine rings is 1. The van der Waals surface area contributed by atoms with Gasteiger partial charge in [-0.2, -0.15) is 0 Å². The van der Waals surface area contributed by atoms with Gasteiger partial charge in [-0.05, 0) is 41.0 Å². The summed E-state index contributed by atoms with van der Waals surface area (Å²) in [6, 6.07) is 13.7. The van der Waals surface area contributed by atoms with E-state index < -0.39 is 36.2 Å². The monoisotopic (exact) mass is 413 g/mol. The molecule has 3 aromatic rings. The van der Waals surface area contributed by atoms with Crippen LogP contribution in [0.2, 0.25) is 0 Å². The van der Waals surface area contributed by atoms with Crippen molar-refractivity contribution in [1.82, 2.24) is 4.98 Å². The van der Waals surface area contributed by atoms with Crippen LogP contribution in [0.3, 0.4) is 0 Å². The van der Waals surface area contributed by atoms with Gasteiger partial charge in [0.1, 0.15) is 29.0 Å². The molecule has 5 nitrogen and oxygen atoms in total. The minimum atomic E-state index is -2.81. The van der Waals surface area contributed by atoms with E-state index in [-0.39, 0.29) is 11.4 Å². The number of aliphatic hydroxyl groups excluding tert-OH is 2. The fourth-order valence-corrected chi connectivity index (χ4v) is 3.86. The molecule has 0 aliphatic carbocycles. The Hall–Kier alpha value is -3.23. The van der Waals surface area contributed by atoms with Gasteiger partial charge in [-0.25, -0.2) is 18.2 Å². The molecule has 0 saturated carbocycles. The summed E-state index contributed by atoms with van der Waals surface area (Å²) in [6.45, 7) is -0.502. The molecule has 2 atom stereocenters. The summed E-state index contributed by atoms with van der Waals surface area (Å²) in [5, 5.41) is 19.4. The summed E-state index contributed by atoms with van der Waals surface area (Å²) in [7, 11) is 0. The highest BCUT2D eigenvalue weighted by molar-refractivity contribution is 6.03. The summed E-state index contributed by atoms with van der Waals surface area (Å²) >= 11 is 0. The van der Waals surface area contributed by atoms with E-state index in [4.69, 9.17) is 5.73 Å². The number of benzene rings is 2. The highest BCUT2D eigenvalue weighted by Gasteiger charge is 2.44. The predicted octanol–water partition coefficient (Wildman–Crippen LogP) is 3.19. The lowest BCUT2D eigenvalue weighted by Crippen LogP contribution is -2.26. The molecule has 0 saturated heterocycles. The summed E-state index contributed by atoms with van der Waals surface area (Å²) < 4.78 is 41.4. The number of hydrogen-bond donors (Lipinski definition) is 3. The normalized spacial score (nSPS) is 18.9. The number of nitrogens with zero attached hydrogens (tertiary/aromatic N) is 2. The van der Waals surface area contributed by atoms with E-state index >= 15 is 0 Å². The smallest absolute Gasteiger partial charge is 0.280 e. The maximum atomic E-state index is 14.6. The largest absolute Gasteiger partial charge is 0.393 e. The first kappa shape index (κ1) is 20.1. The zero-order chi connectivity index (χ0) is 21.5. The number of halogens is 3. The predicted molar refractivity (Wildman–Crippen MR) is 105 cm³/mol. The maximum Gasteiger partial charge on any atom is 0.280 e. The van der Waals surface area contributed by atoms with Gasteiger partial charge in [0, 0.05) is 11.8 Å². The van der Waals surface area contributed by atoms with Gasteiger partial charge in [-0.1, -0.05) is 30.3 Å². The Morgan fingerprint density at radius 2 is 1.77 bits per heavy atom. The number of fused-ring (bicyclic) bond motifs is 1. The number of hydrogen-bond acceptors (Lipinski definition) is 5. The van der Waals surface area contributed by atoms with E-state index in [0.717, 1.165) is 0 Å². The fraction of sp³-hybridized carbons (Fsp3) is 0.182. The molecule has 0 fully saturated rings. The topological polar surface area (TPSA) is 91.7 Å². The summed E-state index contributed by atoms with van der Waals surface area (Å²) in [5.74, 6) is -0.642. The van der Waals surface area contributed by atoms with Crippen LogP contribution in [0, 0.1) is 5.82 Å². The molecule has 0 spiro atoms. The molecule has 1 aliphatic heterocycles. The van der Waals surface area contributed by atoms with Gasteiger partial charge >= 0.3 is 0 Å². The first-order chi connectivity index (χ1) is 14.4. The maximum absolute atomic E-state index is 14.6. The minimum Gasteiger partial charge on any atom is -0.393 e. The molecule has 4 N–H and O–H groups in total. The molecule has 2 aromatic carbocycles. The number of amidine groups is 1. The van der Waals surface area contributed by atoms with Crippen molar-refractivity contribution >= 4 is 5.84 Å². The SMILES string of the molecule is NC1=NC(c2cccc(C(O)CO)c2)(c2ccnc(C(F)F)c2)c2cccc(F)c21. The second-order valence-corrected chi connectivity index (χ2v) is 6.96. The van der Waals surface area contributed by atoms with Crippen LogP contribution in [0.5, 0.6) is 0 Å². The van der Waals surface area contributed by atoms with Crippen molar-refractivity contribution in [3.8, 4) is 0 Å². The quantitative estimate of drug-likeness (QED) is 0.599. The number of rotatable bonds is 5. The molecule has 2 heterocycles. The molecule has 2 unspecified atom stereocenters. The molecular weight excluding hydrogens is 395 g/mol. The molecule has 0 amide bonds. The van der Waals surface area contributed by atoms with Crippen molar-refractivity contribution in [3.05, 3.63) is 100 Å². The third-order valence-electron chi connectivity index (χ3n) is 5.23. The third-order valence-corrected chi connectivity index (χ3v) is 5.23. The van der Waals surface area contributed by atoms with Crippen LogP contribution < -0.4 is 5.73 Å². The number of aromatic nitrogens is 1. The van der Waals surface area contributed by atoms with Crippen molar-refractivity contribution < 1.29 is 23.4 Å². The third kappa shape index (κ3) is 3.05. The average molecular weight is 413 g/mol. The van der Waals surface area contributed by atoms with Crippen molar-refractivity contribution in [2.24, 2.45) is 10.7 Å². The molecular formula is C22H18F3N3O2. The first-order valence-corrected chi connectivity index (χ1v) is 9.17.